The molecular formula is C19H20N4O4. The second-order valence-electron chi connectivity index (χ2n) is 6.59. The molecule has 1 atom stereocenters. The van der Waals surface area contributed by atoms with E-state index in [9.17, 15) is 14.7 Å². The van der Waals surface area contributed by atoms with Gasteiger partial charge in [-0.15, -0.1) is 0 Å². The van der Waals surface area contributed by atoms with Gasteiger partial charge in [0, 0.05) is 12.6 Å². The van der Waals surface area contributed by atoms with Crippen molar-refractivity contribution >= 4 is 22.9 Å². The Morgan fingerprint density at radius 3 is 2.56 bits per heavy atom. The van der Waals surface area contributed by atoms with E-state index in [1.165, 1.54) is 0 Å². The summed E-state index contributed by atoms with van der Waals surface area (Å²) in [5.74, 6) is -1.91. The Bertz CT molecular complexity index is 1030. The van der Waals surface area contributed by atoms with Crippen molar-refractivity contribution in [1.82, 2.24) is 20.1 Å². The van der Waals surface area contributed by atoms with Crippen LogP contribution in [0.1, 0.15) is 23.0 Å². The Kier molecular flexibility index (Phi) is 4.67. The largest absolute Gasteiger partial charge is 0.479 e. The molecule has 27 heavy (non-hydrogen) atoms. The van der Waals surface area contributed by atoms with Crippen LogP contribution in [0.25, 0.3) is 22.3 Å². The molecule has 3 N–H and O–H groups in total. The molecule has 0 aliphatic heterocycles. The Hall–Kier alpha value is -3.26. The first-order valence-electron chi connectivity index (χ1n) is 8.34. The number of carbonyl (C=O) groups is 2. The fourth-order valence-corrected chi connectivity index (χ4v) is 2.80. The summed E-state index contributed by atoms with van der Waals surface area (Å²) >= 11 is 0. The van der Waals surface area contributed by atoms with Gasteiger partial charge in [-0.1, -0.05) is 30.3 Å². The van der Waals surface area contributed by atoms with E-state index < -0.39 is 24.0 Å². The molecule has 1 amide bonds. The number of carbonyl (C=O) groups excluding carboxylic acids is 1. The average Bonchev–Trinajstić information content (AvgIpc) is 2.93. The van der Waals surface area contributed by atoms with E-state index in [2.05, 4.69) is 15.4 Å². The highest BCUT2D eigenvalue weighted by atomic mass is 16.4. The highest BCUT2D eigenvalue weighted by molar-refractivity contribution is 6.07. The summed E-state index contributed by atoms with van der Waals surface area (Å²) in [6.45, 7) is 2.48. The summed E-state index contributed by atoms with van der Waals surface area (Å²) in [6.07, 6.45) is 0. The minimum absolute atomic E-state index is 0.325. The number of pyridine rings is 1. The van der Waals surface area contributed by atoms with Crippen LogP contribution < -0.4 is 5.32 Å². The summed E-state index contributed by atoms with van der Waals surface area (Å²) in [7, 11) is 1.74. The van der Waals surface area contributed by atoms with Crippen molar-refractivity contribution in [2.45, 2.75) is 19.4 Å². The number of fused-ring (bicyclic) bond motifs is 1. The maximum Gasteiger partial charge on any atom is 0.337 e. The number of carboxylic acids is 1. The molecule has 0 saturated heterocycles. The van der Waals surface area contributed by atoms with Gasteiger partial charge in [0.25, 0.3) is 5.91 Å². The Labute approximate surface area is 155 Å². The maximum atomic E-state index is 12.8. The minimum Gasteiger partial charge on any atom is -0.479 e. The molecule has 2 heterocycles. The number of benzene rings is 1. The van der Waals surface area contributed by atoms with Crippen LogP contribution in [0.4, 0.5) is 0 Å². The van der Waals surface area contributed by atoms with Crippen LogP contribution in [0.15, 0.2) is 36.4 Å². The molecule has 3 aromatic rings. The lowest BCUT2D eigenvalue weighted by Crippen LogP contribution is -2.46. The van der Waals surface area contributed by atoms with Gasteiger partial charge in [-0.25, -0.2) is 9.78 Å². The molecule has 0 bridgehead atoms. The number of aryl methyl sites for hydroxylation is 2. The van der Waals surface area contributed by atoms with Crippen LogP contribution in [-0.2, 0) is 11.8 Å². The van der Waals surface area contributed by atoms with Crippen LogP contribution in [0.2, 0.25) is 0 Å². The number of aromatic nitrogens is 3. The van der Waals surface area contributed by atoms with Gasteiger partial charge in [0.05, 0.1) is 28.9 Å². The first-order valence-corrected chi connectivity index (χ1v) is 8.34. The summed E-state index contributed by atoms with van der Waals surface area (Å²) in [5.41, 5.74) is 0.879. The van der Waals surface area contributed by atoms with Crippen molar-refractivity contribution in [3.63, 3.8) is 0 Å². The van der Waals surface area contributed by atoms with Gasteiger partial charge in [-0.3, -0.25) is 9.48 Å². The molecule has 1 aromatic carbocycles. The number of nitrogens with zero attached hydrogens (tertiary/aromatic N) is 3. The second-order valence-corrected chi connectivity index (χ2v) is 6.59. The van der Waals surface area contributed by atoms with E-state index in [1.807, 2.05) is 30.3 Å². The van der Waals surface area contributed by atoms with Crippen LogP contribution in [-0.4, -0.2) is 49.0 Å². The lowest BCUT2D eigenvalue weighted by atomic mass is 10.0. The maximum absolute atomic E-state index is 12.8. The molecule has 0 saturated carbocycles. The van der Waals surface area contributed by atoms with Crippen LogP contribution in [0.5, 0.6) is 0 Å². The zero-order valence-electron chi connectivity index (χ0n) is 15.2. The first-order chi connectivity index (χ1) is 12.7. The minimum atomic E-state index is -2.06. The van der Waals surface area contributed by atoms with E-state index in [-0.39, 0.29) is 0 Å². The number of nitrogens with one attached hydrogen (secondary N) is 1. The lowest BCUT2D eigenvalue weighted by Gasteiger charge is -2.18. The molecule has 140 valence electrons. The number of amides is 1. The highest BCUT2D eigenvalue weighted by Crippen LogP contribution is 2.26. The number of aliphatic hydroxyl groups is 1. The molecule has 0 aliphatic carbocycles. The number of aliphatic carboxylic acids is 1. The topological polar surface area (TPSA) is 117 Å². The highest BCUT2D eigenvalue weighted by Gasteiger charge is 2.31. The van der Waals surface area contributed by atoms with Gasteiger partial charge in [-0.2, -0.15) is 5.10 Å². The van der Waals surface area contributed by atoms with E-state index in [0.29, 0.717) is 28.0 Å². The zero-order valence-corrected chi connectivity index (χ0v) is 15.2. The number of hydrogen-bond donors (Lipinski definition) is 3. The predicted octanol–water partition coefficient (Wildman–Crippen LogP) is 1.51. The van der Waals surface area contributed by atoms with Crippen molar-refractivity contribution in [3.8, 4) is 11.3 Å². The third-order valence-corrected chi connectivity index (χ3v) is 4.34. The summed E-state index contributed by atoms with van der Waals surface area (Å²) in [6, 6.07) is 11.1. The lowest BCUT2D eigenvalue weighted by molar-refractivity contribution is -0.155. The monoisotopic (exact) mass is 368 g/mol. The van der Waals surface area contributed by atoms with Gasteiger partial charge < -0.3 is 15.5 Å². The molecule has 0 radical (unpaired) electrons. The van der Waals surface area contributed by atoms with E-state index in [1.54, 1.807) is 24.7 Å². The van der Waals surface area contributed by atoms with E-state index >= 15 is 0 Å². The van der Waals surface area contributed by atoms with Crippen molar-refractivity contribution in [3.05, 3.63) is 47.7 Å². The Morgan fingerprint density at radius 2 is 1.93 bits per heavy atom. The van der Waals surface area contributed by atoms with Crippen molar-refractivity contribution < 1.29 is 19.8 Å². The molecule has 0 aliphatic rings. The van der Waals surface area contributed by atoms with Gasteiger partial charge in [0.15, 0.2) is 11.2 Å². The number of carboxylic acid groups (broad SMARTS) is 1. The zero-order chi connectivity index (χ0) is 19.8. The van der Waals surface area contributed by atoms with E-state index in [4.69, 9.17) is 5.11 Å². The van der Waals surface area contributed by atoms with Crippen molar-refractivity contribution in [2.24, 2.45) is 7.05 Å². The van der Waals surface area contributed by atoms with Crippen molar-refractivity contribution in [2.75, 3.05) is 6.54 Å². The molecule has 1 unspecified atom stereocenters. The number of rotatable bonds is 5. The van der Waals surface area contributed by atoms with Gasteiger partial charge in [0.2, 0.25) is 0 Å². The van der Waals surface area contributed by atoms with E-state index in [0.717, 1.165) is 12.5 Å². The summed E-state index contributed by atoms with van der Waals surface area (Å²) in [4.78, 5) is 28.5. The molecule has 3 rings (SSSR count). The first kappa shape index (κ1) is 18.5. The molecule has 8 nitrogen and oxygen atoms in total. The number of hydrogen-bond acceptors (Lipinski definition) is 5. The molecule has 8 heteroatoms. The van der Waals surface area contributed by atoms with Gasteiger partial charge in [0.1, 0.15) is 0 Å². The van der Waals surface area contributed by atoms with Crippen LogP contribution in [0.3, 0.4) is 0 Å². The quantitative estimate of drug-likeness (QED) is 0.628. The molecule has 0 fully saturated rings. The standard InChI is InChI=1S/C19H20N4O4/c1-11-15-13(17(24)20-10-19(2,27)18(25)26)9-14(12-7-5-4-6-8-12)21-16(15)23(3)22-11/h4-9,27H,10H2,1-3H3,(H,20,24)(H,25,26). The second kappa shape index (κ2) is 6.81. The molecule has 2 aromatic heterocycles. The molecule has 0 spiro atoms. The predicted molar refractivity (Wildman–Crippen MR) is 99.3 cm³/mol. The molecular weight excluding hydrogens is 348 g/mol. The van der Waals surface area contributed by atoms with Crippen LogP contribution >= 0.6 is 0 Å². The Morgan fingerprint density at radius 1 is 1.26 bits per heavy atom. The average molecular weight is 368 g/mol. The summed E-state index contributed by atoms with van der Waals surface area (Å²) in [5, 5.41) is 26.3. The smallest absolute Gasteiger partial charge is 0.337 e. The fourth-order valence-electron chi connectivity index (χ4n) is 2.80. The Balaban J connectivity index is 2.08. The van der Waals surface area contributed by atoms with Crippen molar-refractivity contribution in [1.29, 1.82) is 0 Å². The SMILES string of the molecule is Cc1nn(C)c2nc(-c3ccccc3)cc(C(=O)NCC(C)(O)C(=O)O)c12. The normalized spacial score (nSPS) is 13.3. The third-order valence-electron chi connectivity index (χ3n) is 4.34. The summed E-state index contributed by atoms with van der Waals surface area (Å²) < 4.78 is 1.60. The van der Waals surface area contributed by atoms with Gasteiger partial charge in [-0.05, 0) is 19.9 Å². The van der Waals surface area contributed by atoms with Gasteiger partial charge >= 0.3 is 5.97 Å². The fraction of sp³-hybridized carbons (Fsp3) is 0.263. The third kappa shape index (κ3) is 3.52. The van der Waals surface area contributed by atoms with Crippen LogP contribution in [0, 0.1) is 6.92 Å².